The van der Waals surface area contributed by atoms with Gasteiger partial charge in [0.15, 0.2) is 0 Å². The van der Waals surface area contributed by atoms with Crippen molar-refractivity contribution in [2.45, 2.75) is 19.8 Å². The van der Waals surface area contributed by atoms with Gasteiger partial charge in [-0.15, -0.1) is 0 Å². The fourth-order valence-corrected chi connectivity index (χ4v) is 2.21. The molecule has 0 saturated heterocycles. The molecule has 5 heteroatoms. The maximum absolute atomic E-state index is 6.09. The minimum absolute atomic E-state index is 0.290. The molecule has 0 radical (unpaired) electrons. The topological polar surface area (TPSA) is 43.8 Å². The average Bonchev–Trinajstić information content (AvgIpc) is 2.60. The first kappa shape index (κ1) is 13.2. The zero-order valence-corrected chi connectivity index (χ0v) is 12.0. The Balaban J connectivity index is 2.65. The second-order valence-electron chi connectivity index (χ2n) is 4.55. The van der Waals surface area contributed by atoms with Crippen molar-refractivity contribution in [2.24, 2.45) is 7.05 Å². The highest BCUT2D eigenvalue weighted by Crippen LogP contribution is 2.36. The van der Waals surface area contributed by atoms with Crippen molar-refractivity contribution in [1.29, 1.82) is 0 Å². The van der Waals surface area contributed by atoms with E-state index in [4.69, 9.17) is 28.9 Å². The van der Waals surface area contributed by atoms with Crippen LogP contribution < -0.4 is 5.73 Å². The molecule has 1 aromatic carbocycles. The van der Waals surface area contributed by atoms with Crippen LogP contribution in [0.25, 0.3) is 11.1 Å². The van der Waals surface area contributed by atoms with E-state index in [0.717, 1.165) is 16.8 Å². The van der Waals surface area contributed by atoms with Gasteiger partial charge >= 0.3 is 0 Å². The number of hydrogen-bond acceptors (Lipinski definition) is 2. The lowest BCUT2D eigenvalue weighted by atomic mass is 9.99. The second-order valence-corrected chi connectivity index (χ2v) is 5.37. The first-order valence-corrected chi connectivity index (χ1v) is 6.45. The number of nitrogens with two attached hydrogens (primary N) is 1. The molecule has 0 spiro atoms. The first-order chi connectivity index (χ1) is 8.41. The van der Waals surface area contributed by atoms with Crippen molar-refractivity contribution >= 4 is 29.0 Å². The van der Waals surface area contributed by atoms with Crippen molar-refractivity contribution in [3.63, 3.8) is 0 Å². The van der Waals surface area contributed by atoms with Crippen LogP contribution in [0.2, 0.25) is 10.0 Å². The van der Waals surface area contributed by atoms with Crippen LogP contribution in [-0.4, -0.2) is 9.78 Å². The lowest BCUT2D eigenvalue weighted by Gasteiger charge is -2.07. The normalized spacial score (nSPS) is 11.2. The molecule has 2 N–H and O–H groups in total. The van der Waals surface area contributed by atoms with Gasteiger partial charge in [0.05, 0.1) is 15.7 Å². The van der Waals surface area contributed by atoms with E-state index in [-0.39, 0.29) is 5.92 Å². The molecule has 2 aromatic rings. The van der Waals surface area contributed by atoms with Gasteiger partial charge in [-0.3, -0.25) is 4.68 Å². The fourth-order valence-electron chi connectivity index (χ4n) is 1.91. The molecule has 1 aromatic heterocycles. The molecule has 0 saturated carbocycles. The predicted molar refractivity (Wildman–Crippen MR) is 77.2 cm³/mol. The highest BCUT2D eigenvalue weighted by molar-refractivity contribution is 6.42. The van der Waals surface area contributed by atoms with Gasteiger partial charge in [-0.05, 0) is 23.6 Å². The summed E-state index contributed by atoms with van der Waals surface area (Å²) in [5.74, 6) is 0.926. The van der Waals surface area contributed by atoms with Crippen LogP contribution in [0.15, 0.2) is 18.2 Å². The number of halogens is 2. The van der Waals surface area contributed by atoms with Gasteiger partial charge in [0.1, 0.15) is 5.82 Å². The maximum Gasteiger partial charge on any atom is 0.129 e. The summed E-state index contributed by atoms with van der Waals surface area (Å²) >= 11 is 12.0. The van der Waals surface area contributed by atoms with Crippen LogP contribution in [0.3, 0.4) is 0 Å². The van der Waals surface area contributed by atoms with Crippen LogP contribution in [0.4, 0.5) is 5.82 Å². The second kappa shape index (κ2) is 4.82. The van der Waals surface area contributed by atoms with Crippen LogP contribution in [0, 0.1) is 0 Å². The number of anilines is 1. The third kappa shape index (κ3) is 2.20. The zero-order chi connectivity index (χ0) is 13.4. The molecule has 0 aliphatic carbocycles. The molecule has 2 rings (SSSR count). The Kier molecular flexibility index (Phi) is 3.55. The number of aryl methyl sites for hydroxylation is 1. The lowest BCUT2D eigenvalue weighted by Crippen LogP contribution is -1.98. The van der Waals surface area contributed by atoms with Crippen molar-refractivity contribution < 1.29 is 0 Å². The van der Waals surface area contributed by atoms with Gasteiger partial charge in [-0.25, -0.2) is 0 Å². The van der Waals surface area contributed by atoms with Gasteiger partial charge in [0.2, 0.25) is 0 Å². The summed E-state index contributed by atoms with van der Waals surface area (Å²) in [5.41, 5.74) is 8.93. The summed E-state index contributed by atoms with van der Waals surface area (Å²) in [4.78, 5) is 0. The molecular formula is C13H15Cl2N3. The third-order valence-corrected chi connectivity index (χ3v) is 3.61. The first-order valence-electron chi connectivity index (χ1n) is 5.69. The van der Waals surface area contributed by atoms with Crippen molar-refractivity contribution in [2.75, 3.05) is 5.73 Å². The van der Waals surface area contributed by atoms with Crippen LogP contribution >= 0.6 is 23.2 Å². The van der Waals surface area contributed by atoms with Gasteiger partial charge in [0, 0.05) is 12.6 Å². The minimum Gasteiger partial charge on any atom is -0.383 e. The van der Waals surface area contributed by atoms with Gasteiger partial charge < -0.3 is 5.73 Å². The summed E-state index contributed by atoms with van der Waals surface area (Å²) in [5, 5.41) is 5.51. The van der Waals surface area contributed by atoms with E-state index in [9.17, 15) is 0 Å². The van der Waals surface area contributed by atoms with E-state index < -0.39 is 0 Å². The molecule has 3 nitrogen and oxygen atoms in total. The van der Waals surface area contributed by atoms with E-state index in [1.54, 1.807) is 10.7 Å². The van der Waals surface area contributed by atoms with E-state index in [2.05, 4.69) is 18.9 Å². The Morgan fingerprint density at radius 3 is 2.44 bits per heavy atom. The summed E-state index contributed by atoms with van der Waals surface area (Å²) in [6.07, 6.45) is 0. The molecule has 0 atom stereocenters. The van der Waals surface area contributed by atoms with Crippen molar-refractivity contribution in [3.05, 3.63) is 33.9 Å². The van der Waals surface area contributed by atoms with Crippen LogP contribution in [0.1, 0.15) is 25.5 Å². The van der Waals surface area contributed by atoms with E-state index in [1.807, 2.05) is 19.2 Å². The van der Waals surface area contributed by atoms with Crippen molar-refractivity contribution in [3.8, 4) is 11.1 Å². The summed E-state index contributed by atoms with van der Waals surface area (Å²) in [6.45, 7) is 4.17. The standard InChI is InChI=1S/C13H15Cl2N3/c1-7(2)12-11(13(16)18(3)17-12)8-4-5-9(14)10(15)6-8/h4-7H,16H2,1-3H3. The number of nitrogens with zero attached hydrogens (tertiary/aromatic N) is 2. The summed E-state index contributed by atoms with van der Waals surface area (Å²) < 4.78 is 1.69. The van der Waals surface area contributed by atoms with E-state index >= 15 is 0 Å². The number of aromatic nitrogens is 2. The van der Waals surface area contributed by atoms with Crippen LogP contribution in [-0.2, 0) is 7.05 Å². The van der Waals surface area contributed by atoms with Gasteiger partial charge in [-0.1, -0.05) is 43.1 Å². The van der Waals surface area contributed by atoms with Gasteiger partial charge in [-0.2, -0.15) is 5.10 Å². The summed E-state index contributed by atoms with van der Waals surface area (Å²) in [6, 6.07) is 5.51. The van der Waals surface area contributed by atoms with E-state index in [0.29, 0.717) is 15.9 Å². The van der Waals surface area contributed by atoms with Crippen LogP contribution in [0.5, 0.6) is 0 Å². The highest BCUT2D eigenvalue weighted by atomic mass is 35.5. The molecule has 0 amide bonds. The molecule has 0 bridgehead atoms. The fraction of sp³-hybridized carbons (Fsp3) is 0.308. The molecule has 96 valence electrons. The Hall–Kier alpha value is -1.19. The van der Waals surface area contributed by atoms with E-state index in [1.165, 1.54) is 0 Å². The molecule has 0 aliphatic heterocycles. The Morgan fingerprint density at radius 1 is 1.22 bits per heavy atom. The number of nitrogen functional groups attached to an aromatic ring is 1. The predicted octanol–water partition coefficient (Wildman–Crippen LogP) is 4.10. The smallest absolute Gasteiger partial charge is 0.129 e. The Morgan fingerprint density at radius 2 is 1.89 bits per heavy atom. The monoisotopic (exact) mass is 283 g/mol. The third-order valence-electron chi connectivity index (χ3n) is 2.87. The molecule has 0 unspecified atom stereocenters. The minimum atomic E-state index is 0.290. The Bertz CT molecular complexity index is 588. The number of benzene rings is 1. The Labute approximate surface area is 117 Å². The zero-order valence-electron chi connectivity index (χ0n) is 10.5. The largest absolute Gasteiger partial charge is 0.383 e. The molecule has 18 heavy (non-hydrogen) atoms. The average molecular weight is 284 g/mol. The molecule has 0 fully saturated rings. The SMILES string of the molecule is CC(C)c1nn(C)c(N)c1-c1ccc(Cl)c(Cl)c1. The molecular weight excluding hydrogens is 269 g/mol. The van der Waals surface area contributed by atoms with Crippen molar-refractivity contribution in [1.82, 2.24) is 9.78 Å². The number of hydrogen-bond donors (Lipinski definition) is 1. The number of rotatable bonds is 2. The highest BCUT2D eigenvalue weighted by Gasteiger charge is 2.18. The summed E-state index contributed by atoms with van der Waals surface area (Å²) in [7, 11) is 1.84. The maximum atomic E-state index is 6.09. The molecule has 0 aliphatic rings. The lowest BCUT2D eigenvalue weighted by molar-refractivity contribution is 0.719. The molecule has 1 heterocycles. The quantitative estimate of drug-likeness (QED) is 0.902. The van der Waals surface area contributed by atoms with Gasteiger partial charge in [0.25, 0.3) is 0 Å².